The van der Waals surface area contributed by atoms with E-state index in [0.29, 0.717) is 25.7 Å². The molecular formula is C16H28N2O3. The number of nitrogens with zero attached hydrogens (tertiary/aromatic N) is 1. The third kappa shape index (κ3) is 4.90. The average molecular weight is 296 g/mol. The number of rotatable bonds is 3. The molecule has 1 atom stereocenters. The van der Waals surface area contributed by atoms with Gasteiger partial charge in [-0.2, -0.15) is 0 Å². The highest BCUT2D eigenvalue weighted by atomic mass is 16.6. The fraction of sp³-hybridized carbons (Fsp3) is 0.875. The number of likely N-dealkylation sites (tertiary alicyclic amines) is 1. The van der Waals surface area contributed by atoms with Crippen LogP contribution in [0.3, 0.4) is 0 Å². The zero-order chi connectivity index (χ0) is 15.1. The van der Waals surface area contributed by atoms with Gasteiger partial charge in [0.2, 0.25) is 5.91 Å². The minimum atomic E-state index is -0.288. The molecule has 5 heteroatoms. The highest BCUT2D eigenvalue weighted by molar-refractivity contribution is 5.80. The van der Waals surface area contributed by atoms with E-state index in [9.17, 15) is 9.59 Å². The van der Waals surface area contributed by atoms with Gasteiger partial charge in [0.15, 0.2) is 0 Å². The third-order valence-electron chi connectivity index (χ3n) is 4.52. The molecule has 120 valence electrons. The Morgan fingerprint density at radius 3 is 2.48 bits per heavy atom. The largest absolute Gasteiger partial charge is 0.450 e. The van der Waals surface area contributed by atoms with E-state index in [1.165, 1.54) is 25.7 Å². The Bertz CT molecular complexity index is 351. The standard InChI is InChI=1S/C16H28N2O3/c1-2-21-16(20)18-11-7-8-13(12-18)15(19)17-14-9-5-3-4-6-10-14/h13-14H,2-12H2,1H3,(H,17,19). The molecule has 2 aliphatic rings. The van der Waals surface area contributed by atoms with Crippen molar-refractivity contribution < 1.29 is 14.3 Å². The molecule has 0 spiro atoms. The van der Waals surface area contributed by atoms with E-state index < -0.39 is 0 Å². The fourth-order valence-electron chi connectivity index (χ4n) is 3.31. The summed E-state index contributed by atoms with van der Waals surface area (Å²) in [6.45, 7) is 3.38. The van der Waals surface area contributed by atoms with Crippen LogP contribution in [0.2, 0.25) is 0 Å². The minimum absolute atomic E-state index is 0.0774. The molecule has 1 aliphatic heterocycles. The SMILES string of the molecule is CCOC(=O)N1CCCC(C(=O)NC2CCCCCC2)C1. The van der Waals surface area contributed by atoms with Gasteiger partial charge < -0.3 is 15.0 Å². The maximum atomic E-state index is 12.4. The van der Waals surface area contributed by atoms with Crippen molar-refractivity contribution >= 4 is 12.0 Å². The van der Waals surface area contributed by atoms with E-state index in [1.54, 1.807) is 11.8 Å². The van der Waals surface area contributed by atoms with Gasteiger partial charge in [-0.3, -0.25) is 4.79 Å². The fourth-order valence-corrected chi connectivity index (χ4v) is 3.31. The quantitative estimate of drug-likeness (QED) is 0.815. The molecule has 1 heterocycles. The first-order chi connectivity index (χ1) is 10.2. The molecule has 0 aromatic rings. The van der Waals surface area contributed by atoms with Gasteiger partial charge in [-0.15, -0.1) is 0 Å². The second-order valence-corrected chi connectivity index (χ2v) is 6.18. The predicted molar refractivity (Wildman–Crippen MR) is 81.0 cm³/mol. The molecular weight excluding hydrogens is 268 g/mol. The molecule has 1 aliphatic carbocycles. The molecule has 1 saturated heterocycles. The maximum Gasteiger partial charge on any atom is 0.409 e. The topological polar surface area (TPSA) is 58.6 Å². The minimum Gasteiger partial charge on any atom is -0.450 e. The summed E-state index contributed by atoms with van der Waals surface area (Å²) in [4.78, 5) is 25.9. The summed E-state index contributed by atoms with van der Waals surface area (Å²) < 4.78 is 5.03. The molecule has 0 bridgehead atoms. The molecule has 5 nitrogen and oxygen atoms in total. The van der Waals surface area contributed by atoms with Gasteiger partial charge in [-0.25, -0.2) is 4.79 Å². The van der Waals surface area contributed by atoms with Crippen LogP contribution in [0, 0.1) is 5.92 Å². The Balaban J connectivity index is 1.82. The number of carbonyl (C=O) groups is 2. The molecule has 21 heavy (non-hydrogen) atoms. The molecule has 1 unspecified atom stereocenters. The van der Waals surface area contributed by atoms with Crippen LogP contribution >= 0.6 is 0 Å². The van der Waals surface area contributed by atoms with Crippen LogP contribution in [-0.2, 0) is 9.53 Å². The molecule has 0 aromatic carbocycles. The third-order valence-corrected chi connectivity index (χ3v) is 4.52. The van der Waals surface area contributed by atoms with Gasteiger partial charge in [0, 0.05) is 19.1 Å². The summed E-state index contributed by atoms with van der Waals surface area (Å²) >= 11 is 0. The van der Waals surface area contributed by atoms with Crippen molar-refractivity contribution in [1.82, 2.24) is 10.2 Å². The highest BCUT2D eigenvalue weighted by Gasteiger charge is 2.30. The Labute approximate surface area is 127 Å². The summed E-state index contributed by atoms with van der Waals surface area (Å²) in [5.41, 5.74) is 0. The van der Waals surface area contributed by atoms with Gasteiger partial charge in [-0.05, 0) is 32.6 Å². The summed E-state index contributed by atoms with van der Waals surface area (Å²) in [5, 5.41) is 3.20. The molecule has 2 fully saturated rings. The summed E-state index contributed by atoms with van der Waals surface area (Å²) in [5.74, 6) is 0.0438. The molecule has 0 aromatic heterocycles. The smallest absolute Gasteiger partial charge is 0.409 e. The van der Waals surface area contributed by atoms with Gasteiger partial charge in [-0.1, -0.05) is 25.7 Å². The van der Waals surface area contributed by atoms with Crippen molar-refractivity contribution in [2.24, 2.45) is 5.92 Å². The van der Waals surface area contributed by atoms with Gasteiger partial charge in [0.05, 0.1) is 12.5 Å². The van der Waals surface area contributed by atoms with Crippen LogP contribution in [-0.4, -0.2) is 42.6 Å². The molecule has 1 saturated carbocycles. The monoisotopic (exact) mass is 296 g/mol. The van der Waals surface area contributed by atoms with Crippen LogP contribution in [0.5, 0.6) is 0 Å². The maximum absolute atomic E-state index is 12.4. The first-order valence-corrected chi connectivity index (χ1v) is 8.42. The van der Waals surface area contributed by atoms with Crippen molar-refractivity contribution in [2.45, 2.75) is 64.3 Å². The summed E-state index contributed by atoms with van der Waals surface area (Å²) in [6.07, 6.45) is 8.65. The lowest BCUT2D eigenvalue weighted by molar-refractivity contribution is -0.127. The van der Waals surface area contributed by atoms with E-state index in [2.05, 4.69) is 5.32 Å². The van der Waals surface area contributed by atoms with E-state index >= 15 is 0 Å². The molecule has 2 rings (SSSR count). The number of amides is 2. The Kier molecular flexibility index (Phi) is 6.33. The van der Waals surface area contributed by atoms with Crippen LogP contribution < -0.4 is 5.32 Å². The number of ether oxygens (including phenoxy) is 1. The predicted octanol–water partition coefficient (Wildman–Crippen LogP) is 2.69. The summed E-state index contributed by atoms with van der Waals surface area (Å²) in [7, 11) is 0. The van der Waals surface area contributed by atoms with Gasteiger partial charge in [0.25, 0.3) is 0 Å². The number of hydrogen-bond donors (Lipinski definition) is 1. The van der Waals surface area contributed by atoms with E-state index in [4.69, 9.17) is 4.74 Å². The molecule has 0 radical (unpaired) electrons. The zero-order valence-corrected chi connectivity index (χ0v) is 13.1. The second-order valence-electron chi connectivity index (χ2n) is 6.18. The Hall–Kier alpha value is -1.26. The van der Waals surface area contributed by atoms with Crippen LogP contribution in [0.15, 0.2) is 0 Å². The lowest BCUT2D eigenvalue weighted by Crippen LogP contribution is -2.47. The van der Waals surface area contributed by atoms with Crippen LogP contribution in [0.4, 0.5) is 4.79 Å². The van der Waals surface area contributed by atoms with Crippen LogP contribution in [0.1, 0.15) is 58.3 Å². The first-order valence-electron chi connectivity index (χ1n) is 8.42. The molecule has 1 N–H and O–H groups in total. The van der Waals surface area contributed by atoms with Gasteiger partial charge in [0.1, 0.15) is 0 Å². The summed E-state index contributed by atoms with van der Waals surface area (Å²) in [6, 6.07) is 0.331. The zero-order valence-electron chi connectivity index (χ0n) is 13.1. The van der Waals surface area contributed by atoms with Crippen LogP contribution in [0.25, 0.3) is 0 Å². The lowest BCUT2D eigenvalue weighted by Gasteiger charge is -2.32. The Morgan fingerprint density at radius 2 is 1.81 bits per heavy atom. The normalized spacial score (nSPS) is 24.2. The molecule has 2 amide bonds. The van der Waals surface area contributed by atoms with Crippen molar-refractivity contribution in [3.8, 4) is 0 Å². The Morgan fingerprint density at radius 1 is 1.10 bits per heavy atom. The highest BCUT2D eigenvalue weighted by Crippen LogP contribution is 2.20. The van der Waals surface area contributed by atoms with E-state index in [1.807, 2.05) is 0 Å². The van der Waals surface area contributed by atoms with Crippen molar-refractivity contribution in [2.75, 3.05) is 19.7 Å². The second kappa shape index (κ2) is 8.25. The van der Waals surface area contributed by atoms with Gasteiger partial charge >= 0.3 is 6.09 Å². The number of nitrogens with one attached hydrogen (secondary N) is 1. The van der Waals surface area contributed by atoms with E-state index in [0.717, 1.165) is 25.7 Å². The van der Waals surface area contributed by atoms with Crippen molar-refractivity contribution in [1.29, 1.82) is 0 Å². The van der Waals surface area contributed by atoms with Crippen molar-refractivity contribution in [3.63, 3.8) is 0 Å². The lowest BCUT2D eigenvalue weighted by atomic mass is 9.96. The number of carbonyl (C=O) groups excluding carboxylic acids is 2. The van der Waals surface area contributed by atoms with Crippen molar-refractivity contribution in [3.05, 3.63) is 0 Å². The van der Waals surface area contributed by atoms with E-state index in [-0.39, 0.29) is 17.9 Å². The average Bonchev–Trinajstić information content (AvgIpc) is 2.76. The number of piperidine rings is 1. The first kappa shape index (κ1) is 16.1. The number of hydrogen-bond acceptors (Lipinski definition) is 3.